The molecular weight excluding hydrogens is 276 g/mol. The van der Waals surface area contributed by atoms with Crippen molar-refractivity contribution in [3.8, 4) is 0 Å². The van der Waals surface area contributed by atoms with Crippen LogP contribution in [0.2, 0.25) is 0 Å². The fourth-order valence-corrected chi connectivity index (χ4v) is 0. The van der Waals surface area contributed by atoms with Gasteiger partial charge in [-0.2, -0.15) is 0 Å². The zero-order valence-corrected chi connectivity index (χ0v) is 12.2. The maximum atomic E-state index is 2.22. The summed E-state index contributed by atoms with van der Waals surface area (Å²) in [5, 5.41) is 0. The average Bonchev–Trinajstić information content (AvgIpc) is 1.94. The molecule has 0 aliphatic carbocycles. The number of hydrogen-bond donors (Lipinski definition) is 0. The van der Waals surface area contributed by atoms with Crippen LogP contribution < -0.4 is 0 Å². The Bertz CT molecular complexity index is 32.4. The van der Waals surface area contributed by atoms with Crippen molar-refractivity contribution < 1.29 is 113 Å². The van der Waals surface area contributed by atoms with Crippen LogP contribution in [-0.2, 0) is 0 Å². The van der Waals surface area contributed by atoms with E-state index in [-0.39, 0.29) is 135 Å². The molecule has 0 aliphatic rings. The molecule has 0 bridgehead atoms. The molecular formula is C13H38Ar3. The molecule has 0 N–H and O–H groups in total. The van der Waals surface area contributed by atoms with E-state index in [1.54, 1.807) is 0 Å². The second-order valence-electron chi connectivity index (χ2n) is 2.51. The van der Waals surface area contributed by atoms with Crippen molar-refractivity contribution in [3.63, 3.8) is 0 Å². The fourth-order valence-electron chi connectivity index (χ4n) is 0. The smallest absolute Gasteiger partial charge is 0 e. The third-order valence-corrected chi connectivity index (χ3v) is 0.816. The summed E-state index contributed by atoms with van der Waals surface area (Å²) in [5.41, 5.74) is 0. The van der Waals surface area contributed by atoms with Crippen LogP contribution in [0.4, 0.5) is 0 Å². The topological polar surface area (TPSA) is 0 Å². The summed E-state index contributed by atoms with van der Waals surface area (Å²) in [7, 11) is 0. The Morgan fingerprint density at radius 1 is 0.688 bits per heavy atom. The van der Waals surface area contributed by atoms with E-state index in [0.717, 1.165) is 5.92 Å². The second kappa shape index (κ2) is 77.0. The molecule has 0 aromatic carbocycles. The van der Waals surface area contributed by atoms with Crippen molar-refractivity contribution in [2.24, 2.45) is 5.92 Å². The van der Waals surface area contributed by atoms with E-state index in [4.69, 9.17) is 0 Å². The summed E-state index contributed by atoms with van der Waals surface area (Å²) in [6.45, 7) is 14.9. The third kappa shape index (κ3) is 150. The first-order valence-corrected chi connectivity index (χ1v) is 4.68. The molecule has 0 saturated heterocycles. The Balaban J connectivity index is -0.00000000589. The molecule has 0 radical (unpaired) electrons. The quantitative estimate of drug-likeness (QED) is 0.525. The van der Waals surface area contributed by atoms with Crippen LogP contribution in [0.15, 0.2) is 0 Å². The van der Waals surface area contributed by atoms with Crippen LogP contribution in [0, 0.1) is 119 Å². The Morgan fingerprint density at radius 3 is 0.750 bits per heavy atom. The number of rotatable bonds is 1. The summed E-state index contributed by atoms with van der Waals surface area (Å²) >= 11 is 0. The van der Waals surface area contributed by atoms with E-state index in [0.29, 0.717) is 0 Å². The van der Waals surface area contributed by atoms with E-state index in [2.05, 4.69) is 34.6 Å². The standard InChI is InChI=1S/C5H12.C3H8.C2H6.3CH4.3Ar/c1-4-5(2)3;1-3-2;1-2;;;;;;/h5H,4H2,1-3H3;3H2,1-2H3;1-2H3;3*1H4;;;. The van der Waals surface area contributed by atoms with Gasteiger partial charge in [0.05, 0.1) is 0 Å². The molecule has 0 amide bonds. The van der Waals surface area contributed by atoms with E-state index in [9.17, 15) is 0 Å². The van der Waals surface area contributed by atoms with Crippen LogP contribution in [0.5, 0.6) is 0 Å². The zero-order valence-electron chi connectivity index (χ0n) is 10.1. The van der Waals surface area contributed by atoms with Crippen LogP contribution in [0.1, 0.15) is 83.6 Å². The second-order valence-corrected chi connectivity index (χ2v) is 2.51. The predicted octanol–water partition coefficient (Wildman–Crippen LogP) is 6.40. The van der Waals surface area contributed by atoms with Gasteiger partial charge >= 0.3 is 0 Å². The van der Waals surface area contributed by atoms with Crippen LogP contribution >= 0.6 is 0 Å². The minimum absolute atomic E-state index is 0. The van der Waals surface area contributed by atoms with Crippen molar-refractivity contribution in [2.75, 3.05) is 0 Å². The monoisotopic (exact) mass is 314 g/mol. The summed E-state index contributed by atoms with van der Waals surface area (Å²) in [6.07, 6.45) is 2.56. The first kappa shape index (κ1) is 60.0. The van der Waals surface area contributed by atoms with Gasteiger partial charge in [0, 0.05) is 113 Å². The molecule has 0 heterocycles. The SMILES string of the molecule is C.C.C.CC.CCC.CCC(C)C.[Ar].[Ar].[Ar]. The molecule has 0 saturated carbocycles. The summed E-state index contributed by atoms with van der Waals surface area (Å²) in [5.74, 6) is 0.884. The molecule has 114 valence electrons. The van der Waals surface area contributed by atoms with Crippen molar-refractivity contribution >= 4 is 0 Å². The van der Waals surface area contributed by atoms with E-state index < -0.39 is 0 Å². The molecule has 0 fully saturated rings. The van der Waals surface area contributed by atoms with Crippen LogP contribution in [0.25, 0.3) is 0 Å². The predicted molar refractivity (Wildman–Crippen MR) is 72.6 cm³/mol. The molecule has 0 nitrogen and oxygen atoms in total. The maximum absolute atomic E-state index is 2.22. The van der Waals surface area contributed by atoms with Gasteiger partial charge in [0.25, 0.3) is 0 Å². The van der Waals surface area contributed by atoms with Gasteiger partial charge in [0.2, 0.25) is 0 Å². The summed E-state index contributed by atoms with van der Waals surface area (Å²) in [6, 6.07) is 0. The van der Waals surface area contributed by atoms with Gasteiger partial charge in [-0.05, 0) is 5.92 Å². The average molecular weight is 314 g/mol. The molecule has 0 spiro atoms. The first-order valence-electron chi connectivity index (χ1n) is 4.68. The van der Waals surface area contributed by atoms with Gasteiger partial charge in [-0.25, -0.2) is 0 Å². The Kier molecular flexibility index (Phi) is 289. The molecule has 0 atom stereocenters. The molecule has 3 heteroatoms. The summed E-state index contributed by atoms with van der Waals surface area (Å²) in [4.78, 5) is 0. The largest absolute Gasteiger partial charge is 0.0776 e. The van der Waals surface area contributed by atoms with Crippen molar-refractivity contribution in [3.05, 3.63) is 0 Å². The molecule has 0 aromatic rings. The van der Waals surface area contributed by atoms with Gasteiger partial charge < -0.3 is 0 Å². The van der Waals surface area contributed by atoms with Gasteiger partial charge in [0.1, 0.15) is 0 Å². The van der Waals surface area contributed by atoms with Gasteiger partial charge in [-0.15, -0.1) is 0 Å². The molecule has 0 aromatic heterocycles. The van der Waals surface area contributed by atoms with E-state index in [1.165, 1.54) is 12.8 Å². The Hall–Kier alpha value is 3.78. The zero-order chi connectivity index (χ0) is 8.99. The molecule has 0 aliphatic heterocycles. The van der Waals surface area contributed by atoms with E-state index >= 15 is 0 Å². The van der Waals surface area contributed by atoms with Crippen molar-refractivity contribution in [1.82, 2.24) is 0 Å². The first-order chi connectivity index (χ1) is 4.68. The van der Waals surface area contributed by atoms with Gasteiger partial charge in [-0.1, -0.05) is 83.6 Å². The van der Waals surface area contributed by atoms with E-state index in [1.807, 2.05) is 13.8 Å². The minimum Gasteiger partial charge on any atom is -0.0776 e. The number of hydrogen-bond acceptors (Lipinski definition) is 0. The van der Waals surface area contributed by atoms with Gasteiger partial charge in [0.15, 0.2) is 0 Å². The Morgan fingerprint density at radius 2 is 0.750 bits per heavy atom. The molecule has 0 rings (SSSR count). The van der Waals surface area contributed by atoms with Crippen LogP contribution in [-0.4, -0.2) is 0 Å². The molecule has 0 unspecified atom stereocenters. The summed E-state index contributed by atoms with van der Waals surface area (Å²) < 4.78 is 0. The maximum Gasteiger partial charge on any atom is 0 e. The minimum atomic E-state index is 0. The van der Waals surface area contributed by atoms with Crippen molar-refractivity contribution in [2.45, 2.75) is 83.6 Å². The normalized spacial score (nSPS) is 4.50. The Labute approximate surface area is 198 Å². The fraction of sp³-hybridized carbons (Fsp3) is 1.00. The van der Waals surface area contributed by atoms with Gasteiger partial charge in [-0.3, -0.25) is 0 Å². The third-order valence-electron chi connectivity index (χ3n) is 0.816. The van der Waals surface area contributed by atoms with Crippen molar-refractivity contribution in [1.29, 1.82) is 0 Å². The van der Waals surface area contributed by atoms with Crippen LogP contribution in [0.3, 0.4) is 0 Å². The molecule has 16 heavy (non-hydrogen) atoms.